The molecular weight excluding hydrogens is 236 g/mol. The number of aliphatic carboxylic acids is 1. The lowest BCUT2D eigenvalue weighted by atomic mass is 10.2. The number of hydrogen-bond acceptors (Lipinski definition) is 4. The minimum Gasteiger partial charge on any atom is -0.481 e. The van der Waals surface area contributed by atoms with Crippen molar-refractivity contribution in [3.05, 3.63) is 18.0 Å². The van der Waals surface area contributed by atoms with Crippen LogP contribution in [0.5, 0.6) is 11.5 Å². The minimum atomic E-state index is -0.822. The number of carbonyl (C=O) groups is 1. The number of hydrogen-bond donors (Lipinski definition) is 1. The topological polar surface area (TPSA) is 73.6 Å². The van der Waals surface area contributed by atoms with Crippen molar-refractivity contribution in [3.63, 3.8) is 0 Å². The number of nitrogens with zero attached hydrogens (tertiary/aromatic N) is 2. The SMILES string of the molecule is Cc1nc2cc3c(cc2n1CCC(=O)O)OCO3. The number of rotatable bonds is 3. The predicted octanol–water partition coefficient (Wildman–Crippen LogP) is 1.55. The van der Waals surface area contributed by atoms with E-state index in [1.807, 2.05) is 23.6 Å². The maximum Gasteiger partial charge on any atom is 0.305 e. The monoisotopic (exact) mass is 248 g/mol. The van der Waals surface area contributed by atoms with Gasteiger partial charge in [-0.15, -0.1) is 0 Å². The van der Waals surface area contributed by atoms with Crippen molar-refractivity contribution in [2.45, 2.75) is 19.9 Å². The number of benzene rings is 1. The Bertz CT molecular complexity index is 633. The largest absolute Gasteiger partial charge is 0.481 e. The Hall–Kier alpha value is -2.24. The Kier molecular flexibility index (Phi) is 2.36. The van der Waals surface area contributed by atoms with E-state index in [2.05, 4.69) is 4.98 Å². The summed E-state index contributed by atoms with van der Waals surface area (Å²) in [5, 5.41) is 8.75. The molecule has 6 nitrogen and oxygen atoms in total. The smallest absolute Gasteiger partial charge is 0.305 e. The Labute approximate surface area is 103 Å². The number of fused-ring (bicyclic) bond motifs is 2. The van der Waals surface area contributed by atoms with E-state index >= 15 is 0 Å². The van der Waals surface area contributed by atoms with Crippen LogP contribution in [0.25, 0.3) is 11.0 Å². The van der Waals surface area contributed by atoms with Crippen LogP contribution in [0.4, 0.5) is 0 Å². The van der Waals surface area contributed by atoms with Crippen molar-refractivity contribution >= 4 is 17.0 Å². The second kappa shape index (κ2) is 3.90. The molecule has 2 aromatic rings. The van der Waals surface area contributed by atoms with Gasteiger partial charge in [-0.3, -0.25) is 4.79 Å². The fourth-order valence-corrected chi connectivity index (χ4v) is 2.12. The van der Waals surface area contributed by atoms with Gasteiger partial charge in [-0.05, 0) is 6.92 Å². The zero-order valence-electron chi connectivity index (χ0n) is 9.84. The first kappa shape index (κ1) is 10.9. The summed E-state index contributed by atoms with van der Waals surface area (Å²) in [6.07, 6.45) is 0.0702. The van der Waals surface area contributed by atoms with E-state index in [0.29, 0.717) is 18.0 Å². The average Bonchev–Trinajstić information content (AvgIpc) is 2.86. The predicted molar refractivity (Wildman–Crippen MR) is 62.8 cm³/mol. The van der Waals surface area contributed by atoms with Crippen LogP contribution in [0, 0.1) is 6.92 Å². The van der Waals surface area contributed by atoms with E-state index in [4.69, 9.17) is 14.6 Å². The van der Waals surface area contributed by atoms with Crippen LogP contribution in [-0.2, 0) is 11.3 Å². The third-order valence-corrected chi connectivity index (χ3v) is 2.98. The molecule has 6 heteroatoms. The van der Waals surface area contributed by atoms with Crippen molar-refractivity contribution in [1.82, 2.24) is 9.55 Å². The van der Waals surface area contributed by atoms with Gasteiger partial charge in [-0.25, -0.2) is 4.98 Å². The molecule has 0 atom stereocenters. The number of aryl methyl sites for hydroxylation is 2. The van der Waals surface area contributed by atoms with Gasteiger partial charge in [0.05, 0.1) is 17.5 Å². The van der Waals surface area contributed by atoms with Crippen LogP contribution in [0.15, 0.2) is 12.1 Å². The van der Waals surface area contributed by atoms with E-state index in [1.165, 1.54) is 0 Å². The van der Waals surface area contributed by atoms with Gasteiger partial charge < -0.3 is 19.1 Å². The summed E-state index contributed by atoms with van der Waals surface area (Å²) in [7, 11) is 0. The Morgan fingerprint density at radius 3 is 2.89 bits per heavy atom. The summed E-state index contributed by atoms with van der Waals surface area (Å²) in [6, 6.07) is 3.67. The number of carboxylic acid groups (broad SMARTS) is 1. The number of aromatic nitrogens is 2. The Morgan fingerprint density at radius 1 is 1.44 bits per heavy atom. The van der Waals surface area contributed by atoms with E-state index < -0.39 is 5.97 Å². The molecule has 0 saturated heterocycles. The van der Waals surface area contributed by atoms with Gasteiger partial charge in [-0.1, -0.05) is 0 Å². The fraction of sp³-hybridized carbons (Fsp3) is 0.333. The lowest BCUT2D eigenvalue weighted by Crippen LogP contribution is -2.05. The molecule has 0 radical (unpaired) electrons. The van der Waals surface area contributed by atoms with Crippen LogP contribution in [0.2, 0.25) is 0 Å². The summed E-state index contributed by atoms with van der Waals surface area (Å²) in [4.78, 5) is 15.1. The molecule has 0 spiro atoms. The first-order valence-electron chi connectivity index (χ1n) is 5.63. The normalized spacial score (nSPS) is 13.2. The summed E-state index contributed by atoms with van der Waals surface area (Å²) in [5.74, 6) is 1.33. The van der Waals surface area contributed by atoms with Crippen LogP contribution in [0.1, 0.15) is 12.2 Å². The van der Waals surface area contributed by atoms with E-state index in [0.717, 1.165) is 16.9 Å². The van der Waals surface area contributed by atoms with E-state index in [9.17, 15) is 4.79 Å². The molecular formula is C12H12N2O4. The van der Waals surface area contributed by atoms with Gasteiger partial charge in [0.15, 0.2) is 11.5 Å². The lowest BCUT2D eigenvalue weighted by molar-refractivity contribution is -0.137. The van der Waals surface area contributed by atoms with Crippen LogP contribution in [-0.4, -0.2) is 27.4 Å². The van der Waals surface area contributed by atoms with Gasteiger partial charge in [0.25, 0.3) is 0 Å². The third kappa shape index (κ3) is 1.66. The molecule has 0 aliphatic carbocycles. The van der Waals surface area contributed by atoms with Crippen molar-refractivity contribution in [2.24, 2.45) is 0 Å². The molecule has 0 bridgehead atoms. The van der Waals surface area contributed by atoms with Crippen LogP contribution < -0.4 is 9.47 Å². The van der Waals surface area contributed by atoms with Crippen LogP contribution in [0.3, 0.4) is 0 Å². The highest BCUT2D eigenvalue weighted by Gasteiger charge is 2.18. The summed E-state index contributed by atoms with van der Waals surface area (Å²) < 4.78 is 12.5. The highest BCUT2D eigenvalue weighted by molar-refractivity contribution is 5.81. The summed E-state index contributed by atoms with van der Waals surface area (Å²) in [5.41, 5.74) is 1.67. The number of carboxylic acids is 1. The zero-order chi connectivity index (χ0) is 12.7. The van der Waals surface area contributed by atoms with Gasteiger partial charge in [0.2, 0.25) is 6.79 Å². The first-order chi connectivity index (χ1) is 8.65. The molecule has 1 aromatic heterocycles. The molecule has 1 aromatic carbocycles. The Morgan fingerprint density at radius 2 is 2.17 bits per heavy atom. The van der Waals surface area contributed by atoms with Crippen molar-refractivity contribution < 1.29 is 19.4 Å². The molecule has 2 heterocycles. The fourth-order valence-electron chi connectivity index (χ4n) is 2.12. The standard InChI is InChI=1S/C12H12N2O4/c1-7-13-8-4-10-11(18-6-17-10)5-9(8)14(7)3-2-12(15)16/h4-5H,2-3,6H2,1H3,(H,15,16). The van der Waals surface area contributed by atoms with Gasteiger partial charge in [0.1, 0.15) is 5.82 Å². The number of imidazole rings is 1. The van der Waals surface area contributed by atoms with E-state index in [1.54, 1.807) is 0 Å². The molecule has 1 N–H and O–H groups in total. The summed E-state index contributed by atoms with van der Waals surface area (Å²) in [6.45, 7) is 2.47. The highest BCUT2D eigenvalue weighted by Crippen LogP contribution is 2.36. The molecule has 0 saturated carbocycles. The molecule has 0 amide bonds. The summed E-state index contributed by atoms with van der Waals surface area (Å²) >= 11 is 0. The van der Waals surface area contributed by atoms with Crippen molar-refractivity contribution in [1.29, 1.82) is 0 Å². The Balaban J connectivity index is 2.07. The molecule has 94 valence electrons. The molecule has 18 heavy (non-hydrogen) atoms. The molecule has 0 fully saturated rings. The second-order valence-corrected chi connectivity index (χ2v) is 4.15. The zero-order valence-corrected chi connectivity index (χ0v) is 9.84. The average molecular weight is 248 g/mol. The van der Waals surface area contributed by atoms with Crippen LogP contribution >= 0.6 is 0 Å². The maximum atomic E-state index is 10.7. The number of ether oxygens (including phenoxy) is 2. The first-order valence-corrected chi connectivity index (χ1v) is 5.63. The molecule has 1 aliphatic heterocycles. The quantitative estimate of drug-likeness (QED) is 0.892. The maximum absolute atomic E-state index is 10.7. The van der Waals surface area contributed by atoms with Gasteiger partial charge >= 0.3 is 5.97 Å². The second-order valence-electron chi connectivity index (χ2n) is 4.15. The van der Waals surface area contributed by atoms with Crippen molar-refractivity contribution in [2.75, 3.05) is 6.79 Å². The van der Waals surface area contributed by atoms with Gasteiger partial charge in [-0.2, -0.15) is 0 Å². The third-order valence-electron chi connectivity index (χ3n) is 2.98. The van der Waals surface area contributed by atoms with Gasteiger partial charge in [0, 0.05) is 18.7 Å². The highest BCUT2D eigenvalue weighted by atomic mass is 16.7. The molecule has 3 rings (SSSR count). The lowest BCUT2D eigenvalue weighted by Gasteiger charge is -2.04. The van der Waals surface area contributed by atoms with Crippen molar-refractivity contribution in [3.8, 4) is 11.5 Å². The molecule has 0 unspecified atom stereocenters. The van der Waals surface area contributed by atoms with E-state index in [-0.39, 0.29) is 13.2 Å². The minimum absolute atomic E-state index is 0.0702. The molecule has 1 aliphatic rings.